The fourth-order valence-electron chi connectivity index (χ4n) is 2.11. The monoisotopic (exact) mass is 370 g/mol. The molecule has 1 aromatic carbocycles. The number of ether oxygens (including phenoxy) is 1. The number of halogens is 1. The molecule has 0 bridgehead atoms. The molecule has 0 aromatic heterocycles. The number of nitrogens with zero attached hydrogens (tertiary/aromatic N) is 2. The molecule has 0 aliphatic carbocycles. The fourth-order valence-corrected chi connectivity index (χ4v) is 3.68. The Kier molecular flexibility index (Phi) is 6.08. The summed E-state index contributed by atoms with van der Waals surface area (Å²) in [5.41, 5.74) is 1.07. The zero-order chi connectivity index (χ0) is 17.0. The van der Waals surface area contributed by atoms with Crippen LogP contribution in [0.4, 0.5) is 0 Å². The van der Waals surface area contributed by atoms with E-state index in [1.165, 1.54) is 0 Å². The Balaban J connectivity index is 2.28. The van der Waals surface area contributed by atoms with Crippen LogP contribution in [0.25, 0.3) is 0 Å². The number of thiocarbonyl (C=S) groups is 1. The molecule has 0 amide bonds. The van der Waals surface area contributed by atoms with Crippen LogP contribution in [-0.4, -0.2) is 36.8 Å². The topological polar surface area (TPSA) is 33.6 Å². The van der Waals surface area contributed by atoms with Crippen LogP contribution in [-0.2, 0) is 4.74 Å². The highest BCUT2D eigenvalue weighted by Gasteiger charge is 2.37. The third-order valence-electron chi connectivity index (χ3n) is 3.36. The Morgan fingerprint density at radius 1 is 1.48 bits per heavy atom. The van der Waals surface area contributed by atoms with Crippen LogP contribution >= 0.6 is 35.6 Å². The van der Waals surface area contributed by atoms with E-state index < -0.39 is 0 Å². The molecule has 7 heteroatoms. The van der Waals surface area contributed by atoms with Gasteiger partial charge in [-0.1, -0.05) is 31.5 Å². The first kappa shape index (κ1) is 18.3. The lowest BCUT2D eigenvalue weighted by atomic mass is 10.1. The fraction of sp³-hybridized carbons (Fsp3) is 0.375. The first-order valence-corrected chi connectivity index (χ1v) is 8.89. The first-order valence-electron chi connectivity index (χ1n) is 7.29. The second kappa shape index (κ2) is 7.66. The van der Waals surface area contributed by atoms with Gasteiger partial charge in [-0.25, -0.2) is 9.48 Å². The number of rotatable bonds is 5. The van der Waals surface area contributed by atoms with Crippen molar-refractivity contribution in [2.24, 2.45) is 10.9 Å². The predicted molar refractivity (Wildman–Crippen MR) is 101 cm³/mol. The van der Waals surface area contributed by atoms with Gasteiger partial charge in [-0.2, -0.15) is 0 Å². The molecule has 124 valence electrons. The zero-order valence-electron chi connectivity index (χ0n) is 13.7. The van der Waals surface area contributed by atoms with Crippen LogP contribution in [0.5, 0.6) is 0 Å². The van der Waals surface area contributed by atoms with Gasteiger partial charge in [-0.05, 0) is 42.2 Å². The summed E-state index contributed by atoms with van der Waals surface area (Å²) in [6.07, 6.45) is 1.90. The molecule has 1 N–H and O–H groups in total. The summed E-state index contributed by atoms with van der Waals surface area (Å²) in [7, 11) is 3.81. The Morgan fingerprint density at radius 2 is 2.22 bits per heavy atom. The summed E-state index contributed by atoms with van der Waals surface area (Å²) in [6.45, 7) is 4.67. The van der Waals surface area contributed by atoms with Crippen molar-refractivity contribution in [3.05, 3.63) is 40.0 Å². The van der Waals surface area contributed by atoms with Crippen LogP contribution in [0, 0.1) is 5.92 Å². The zero-order valence-corrected chi connectivity index (χ0v) is 16.1. The largest absolute Gasteiger partial charge is 0.419 e. The normalized spacial score (nSPS) is 20.3. The summed E-state index contributed by atoms with van der Waals surface area (Å²) in [5.74, 6) is 0.323. The number of hydrogen-bond acceptors (Lipinski definition) is 4. The van der Waals surface area contributed by atoms with Crippen LogP contribution in [0.1, 0.15) is 13.8 Å². The quantitative estimate of drug-likeness (QED) is 0.621. The van der Waals surface area contributed by atoms with E-state index in [9.17, 15) is 0 Å². The van der Waals surface area contributed by atoms with E-state index in [0.29, 0.717) is 22.3 Å². The third-order valence-corrected chi connectivity index (χ3v) is 5.23. The molecule has 1 unspecified atom stereocenters. The van der Waals surface area contributed by atoms with Crippen molar-refractivity contribution >= 4 is 47.1 Å². The Labute approximate surface area is 152 Å². The Hall–Kier alpha value is -1.08. The highest BCUT2D eigenvalue weighted by atomic mass is 35.5. The average molecular weight is 371 g/mol. The molecule has 0 saturated carbocycles. The van der Waals surface area contributed by atoms with E-state index in [0.717, 1.165) is 20.6 Å². The molecular weight excluding hydrogens is 350 g/mol. The second-order valence-electron chi connectivity index (χ2n) is 5.73. The number of aliphatic imine (C=N–C) groups is 1. The van der Waals surface area contributed by atoms with Crippen LogP contribution < -0.4 is 5.32 Å². The minimum atomic E-state index is 0.323. The number of nitrogens with one attached hydrogen (secondary N) is 1. The van der Waals surface area contributed by atoms with Crippen molar-refractivity contribution < 1.29 is 9.22 Å². The van der Waals surface area contributed by atoms with Crippen molar-refractivity contribution in [3.8, 4) is 0 Å². The van der Waals surface area contributed by atoms with Gasteiger partial charge in [0.05, 0.1) is 7.05 Å². The van der Waals surface area contributed by atoms with Crippen molar-refractivity contribution in [2.45, 2.75) is 18.7 Å². The van der Waals surface area contributed by atoms with Crippen LogP contribution in [0.15, 0.2) is 44.9 Å². The highest BCUT2D eigenvalue weighted by molar-refractivity contribution is 8.02. The van der Waals surface area contributed by atoms with Gasteiger partial charge in [-0.3, -0.25) is 0 Å². The van der Waals surface area contributed by atoms with E-state index in [2.05, 4.69) is 31.2 Å². The van der Waals surface area contributed by atoms with Gasteiger partial charge in [0.25, 0.3) is 5.17 Å². The summed E-state index contributed by atoms with van der Waals surface area (Å²) in [6, 6.07) is 7.83. The summed E-state index contributed by atoms with van der Waals surface area (Å²) >= 11 is 12.9. The molecule has 23 heavy (non-hydrogen) atoms. The lowest BCUT2D eigenvalue weighted by Crippen LogP contribution is -2.42. The van der Waals surface area contributed by atoms with E-state index in [-0.39, 0.29) is 0 Å². The van der Waals surface area contributed by atoms with Gasteiger partial charge in [0, 0.05) is 22.9 Å². The Morgan fingerprint density at radius 3 is 2.83 bits per heavy atom. The molecule has 0 spiro atoms. The minimum absolute atomic E-state index is 0.323. The lowest BCUT2D eigenvalue weighted by molar-refractivity contribution is -0.783. The molecular formula is C16H21ClN3OS2+. The maximum Gasteiger partial charge on any atom is 0.260 e. The average Bonchev–Trinajstić information content (AvgIpc) is 2.83. The summed E-state index contributed by atoms with van der Waals surface area (Å²) in [4.78, 5) is 5.70. The summed E-state index contributed by atoms with van der Waals surface area (Å²) in [5, 5.41) is 5.05. The first-order chi connectivity index (χ1) is 10.9. The molecule has 0 radical (unpaired) electrons. The molecule has 1 aliphatic heterocycles. The van der Waals surface area contributed by atoms with E-state index in [1.807, 2.05) is 30.6 Å². The second-order valence-corrected chi connectivity index (χ2v) is 7.60. The molecule has 1 aliphatic rings. The molecule has 1 atom stereocenters. The van der Waals surface area contributed by atoms with Gasteiger partial charge < -0.3 is 10.1 Å². The maximum absolute atomic E-state index is 6.11. The van der Waals surface area contributed by atoms with Crippen molar-refractivity contribution in [1.82, 2.24) is 5.32 Å². The van der Waals surface area contributed by atoms with Gasteiger partial charge in [0.1, 0.15) is 5.70 Å². The molecule has 1 heterocycles. The highest BCUT2D eigenvalue weighted by Crippen LogP contribution is 2.41. The van der Waals surface area contributed by atoms with E-state index >= 15 is 0 Å². The van der Waals surface area contributed by atoms with Crippen molar-refractivity contribution in [1.29, 1.82) is 0 Å². The van der Waals surface area contributed by atoms with Crippen molar-refractivity contribution in [2.75, 3.05) is 20.8 Å². The minimum Gasteiger partial charge on any atom is -0.419 e. The van der Waals surface area contributed by atoms with Crippen LogP contribution in [0.3, 0.4) is 0 Å². The summed E-state index contributed by atoms with van der Waals surface area (Å²) < 4.78 is 6.08. The van der Waals surface area contributed by atoms with Gasteiger partial charge in [0.15, 0.2) is 6.34 Å². The molecule has 1 aromatic rings. The maximum atomic E-state index is 6.11. The van der Waals surface area contributed by atoms with Crippen molar-refractivity contribution in [3.63, 3.8) is 0 Å². The SMILES string of the molecule is CNC(=S)OC[N+]1(C)C=NC(C(C)C)=C1Sc1cccc(Cl)c1. The Bertz CT molecular complexity index is 660. The molecule has 2 rings (SSSR count). The number of hydrogen-bond donors (Lipinski definition) is 1. The van der Waals surface area contributed by atoms with E-state index in [4.69, 9.17) is 28.6 Å². The number of quaternary nitrogens is 1. The molecule has 0 saturated heterocycles. The predicted octanol–water partition coefficient (Wildman–Crippen LogP) is 4.22. The van der Waals surface area contributed by atoms with E-state index in [1.54, 1.807) is 18.8 Å². The number of thioether (sulfide) groups is 1. The number of allylic oxidation sites excluding steroid dienone is 1. The molecule has 0 fully saturated rings. The van der Waals surface area contributed by atoms with Crippen LogP contribution in [0.2, 0.25) is 5.02 Å². The van der Waals surface area contributed by atoms with Gasteiger partial charge in [-0.15, -0.1) is 0 Å². The number of benzene rings is 1. The smallest absolute Gasteiger partial charge is 0.260 e. The third kappa shape index (κ3) is 4.47. The molecule has 4 nitrogen and oxygen atoms in total. The lowest BCUT2D eigenvalue weighted by Gasteiger charge is -2.27. The van der Waals surface area contributed by atoms with Gasteiger partial charge >= 0.3 is 0 Å². The van der Waals surface area contributed by atoms with Gasteiger partial charge in [0.2, 0.25) is 11.8 Å². The standard InChI is InChI=1S/C16H20ClN3OS2/c1-11(2)14-15(23-13-7-5-6-12(17)8-13)20(4,9-19-14)10-21-16(22)18-3/h5-9,11H,10H2,1-4H3/p+1.